The number of hydrogen-bond donors (Lipinski definition) is 0. The number of benzene rings is 1. The molecule has 0 fully saturated rings. The molecule has 1 atom stereocenters. The first kappa shape index (κ1) is 16.5. The number of methoxy groups -OCH3 is 1. The molecule has 1 rings (SSSR count). The summed E-state index contributed by atoms with van der Waals surface area (Å²) in [4.78, 5) is 14.0. The minimum absolute atomic E-state index is 0.269. The molecule has 0 N–H and O–H groups in total. The quantitative estimate of drug-likeness (QED) is 0.669. The topological polar surface area (TPSA) is 29.5 Å². The Labute approximate surface area is 122 Å². The van der Waals surface area contributed by atoms with E-state index in [1.54, 1.807) is 0 Å². The van der Waals surface area contributed by atoms with Gasteiger partial charge in [-0.05, 0) is 24.5 Å². The van der Waals surface area contributed by atoms with Crippen LogP contribution in [0.1, 0.15) is 49.9 Å². The smallest absolute Gasteiger partial charge is 0.339 e. The molecular formula is C17H27NO2. The van der Waals surface area contributed by atoms with Crippen LogP contribution in [0.5, 0.6) is 0 Å². The predicted molar refractivity (Wildman–Crippen MR) is 84.4 cm³/mol. The van der Waals surface area contributed by atoms with E-state index in [1.807, 2.05) is 24.3 Å². The van der Waals surface area contributed by atoms with Gasteiger partial charge in [-0.2, -0.15) is 0 Å². The SMILES string of the molecule is CCCCC(CC)CN(C)c1ccccc1C(=O)OC. The van der Waals surface area contributed by atoms with Crippen LogP contribution in [0, 0.1) is 5.92 Å². The lowest BCUT2D eigenvalue weighted by atomic mass is 9.98. The van der Waals surface area contributed by atoms with Gasteiger partial charge in [0.25, 0.3) is 0 Å². The third-order valence-corrected chi connectivity index (χ3v) is 3.80. The highest BCUT2D eigenvalue weighted by molar-refractivity contribution is 5.95. The summed E-state index contributed by atoms with van der Waals surface area (Å²) < 4.78 is 4.86. The molecule has 3 nitrogen and oxygen atoms in total. The molecule has 0 amide bonds. The zero-order chi connectivity index (χ0) is 15.0. The monoisotopic (exact) mass is 277 g/mol. The minimum atomic E-state index is -0.269. The molecule has 1 unspecified atom stereocenters. The molecule has 20 heavy (non-hydrogen) atoms. The Balaban J connectivity index is 2.80. The van der Waals surface area contributed by atoms with Gasteiger partial charge >= 0.3 is 5.97 Å². The van der Waals surface area contributed by atoms with Gasteiger partial charge in [0, 0.05) is 13.6 Å². The maximum Gasteiger partial charge on any atom is 0.339 e. The summed E-state index contributed by atoms with van der Waals surface area (Å²) in [6.07, 6.45) is 4.92. The molecule has 0 bridgehead atoms. The summed E-state index contributed by atoms with van der Waals surface area (Å²) in [7, 11) is 3.48. The highest BCUT2D eigenvalue weighted by atomic mass is 16.5. The van der Waals surface area contributed by atoms with Crippen molar-refractivity contribution in [2.45, 2.75) is 39.5 Å². The number of para-hydroxylation sites is 1. The van der Waals surface area contributed by atoms with Crippen molar-refractivity contribution in [2.24, 2.45) is 5.92 Å². The number of anilines is 1. The van der Waals surface area contributed by atoms with Crippen LogP contribution in [-0.2, 0) is 4.74 Å². The molecule has 0 spiro atoms. The molecule has 1 aromatic carbocycles. The maximum atomic E-state index is 11.8. The van der Waals surface area contributed by atoms with Crippen molar-refractivity contribution in [1.29, 1.82) is 0 Å². The van der Waals surface area contributed by atoms with Crippen molar-refractivity contribution in [2.75, 3.05) is 25.6 Å². The summed E-state index contributed by atoms with van der Waals surface area (Å²) in [5.74, 6) is 0.403. The van der Waals surface area contributed by atoms with Crippen molar-refractivity contribution in [3.63, 3.8) is 0 Å². The van der Waals surface area contributed by atoms with Crippen LogP contribution >= 0.6 is 0 Å². The standard InChI is InChI=1S/C17H27NO2/c1-5-7-10-14(6-2)13-18(3)16-12-9-8-11-15(16)17(19)20-4/h8-9,11-12,14H,5-7,10,13H2,1-4H3. The fraction of sp³-hybridized carbons (Fsp3) is 0.588. The molecule has 0 aliphatic heterocycles. The molecule has 0 aliphatic rings. The van der Waals surface area contributed by atoms with Crippen LogP contribution < -0.4 is 4.90 Å². The first-order chi connectivity index (χ1) is 9.63. The largest absolute Gasteiger partial charge is 0.465 e. The van der Waals surface area contributed by atoms with Gasteiger partial charge in [-0.25, -0.2) is 4.79 Å². The van der Waals surface area contributed by atoms with Crippen molar-refractivity contribution in [3.05, 3.63) is 29.8 Å². The Kier molecular flexibility index (Phi) is 7.13. The Bertz CT molecular complexity index is 417. The number of carbonyl (C=O) groups is 1. The molecule has 0 aromatic heterocycles. The zero-order valence-electron chi connectivity index (χ0n) is 13.2. The number of nitrogens with zero attached hydrogens (tertiary/aromatic N) is 1. The zero-order valence-corrected chi connectivity index (χ0v) is 13.2. The number of esters is 1. The molecule has 0 aliphatic carbocycles. The van der Waals surface area contributed by atoms with Gasteiger partial charge in [0.2, 0.25) is 0 Å². The number of hydrogen-bond acceptors (Lipinski definition) is 3. The number of carbonyl (C=O) groups excluding carboxylic acids is 1. The van der Waals surface area contributed by atoms with Crippen molar-refractivity contribution >= 4 is 11.7 Å². The van der Waals surface area contributed by atoms with E-state index in [4.69, 9.17) is 4.74 Å². The van der Waals surface area contributed by atoms with Crippen molar-refractivity contribution in [1.82, 2.24) is 0 Å². The minimum Gasteiger partial charge on any atom is -0.465 e. The molecule has 0 saturated carbocycles. The van der Waals surface area contributed by atoms with Crippen LogP contribution in [0.4, 0.5) is 5.69 Å². The predicted octanol–water partition coefficient (Wildman–Crippen LogP) is 4.13. The number of rotatable bonds is 8. The fourth-order valence-corrected chi connectivity index (χ4v) is 2.49. The third-order valence-electron chi connectivity index (χ3n) is 3.80. The summed E-state index contributed by atoms with van der Waals surface area (Å²) in [5, 5.41) is 0. The van der Waals surface area contributed by atoms with Gasteiger partial charge in [-0.15, -0.1) is 0 Å². The van der Waals surface area contributed by atoms with Gasteiger partial charge in [0.15, 0.2) is 0 Å². The second kappa shape index (κ2) is 8.62. The first-order valence-electron chi connectivity index (χ1n) is 7.52. The van der Waals surface area contributed by atoms with Crippen LogP contribution in [0.2, 0.25) is 0 Å². The molecule has 3 heteroatoms. The Morgan fingerprint density at radius 2 is 2.00 bits per heavy atom. The van der Waals surface area contributed by atoms with E-state index in [-0.39, 0.29) is 5.97 Å². The van der Waals surface area contributed by atoms with Gasteiger partial charge in [0.05, 0.1) is 18.4 Å². The highest BCUT2D eigenvalue weighted by Gasteiger charge is 2.16. The van der Waals surface area contributed by atoms with Gasteiger partial charge in [-0.1, -0.05) is 45.2 Å². The third kappa shape index (κ3) is 4.55. The lowest BCUT2D eigenvalue weighted by Crippen LogP contribution is -2.27. The first-order valence-corrected chi connectivity index (χ1v) is 7.52. The average Bonchev–Trinajstić information content (AvgIpc) is 2.50. The Morgan fingerprint density at radius 1 is 1.30 bits per heavy atom. The molecule has 112 valence electrons. The molecular weight excluding hydrogens is 250 g/mol. The van der Waals surface area contributed by atoms with Crippen LogP contribution in [0.15, 0.2) is 24.3 Å². The van der Waals surface area contributed by atoms with E-state index >= 15 is 0 Å². The molecule has 0 saturated heterocycles. The second-order valence-corrected chi connectivity index (χ2v) is 5.31. The Hall–Kier alpha value is -1.51. The highest BCUT2D eigenvalue weighted by Crippen LogP contribution is 2.23. The van der Waals surface area contributed by atoms with E-state index in [0.29, 0.717) is 11.5 Å². The normalized spacial score (nSPS) is 12.0. The average molecular weight is 277 g/mol. The summed E-state index contributed by atoms with van der Waals surface area (Å²) in [6, 6.07) is 7.65. The molecule has 0 radical (unpaired) electrons. The van der Waals surface area contributed by atoms with Crippen LogP contribution in [0.25, 0.3) is 0 Å². The molecule has 1 aromatic rings. The van der Waals surface area contributed by atoms with E-state index in [2.05, 4.69) is 25.8 Å². The van der Waals surface area contributed by atoms with Gasteiger partial charge in [-0.3, -0.25) is 0 Å². The lowest BCUT2D eigenvalue weighted by Gasteiger charge is -2.26. The maximum absolute atomic E-state index is 11.8. The lowest BCUT2D eigenvalue weighted by molar-refractivity contribution is 0.0601. The summed E-state index contributed by atoms with van der Waals surface area (Å²) in [6.45, 7) is 5.44. The number of unbranched alkanes of at least 4 members (excludes halogenated alkanes) is 1. The van der Waals surface area contributed by atoms with Crippen LogP contribution in [-0.4, -0.2) is 26.7 Å². The van der Waals surface area contributed by atoms with Crippen LogP contribution in [0.3, 0.4) is 0 Å². The fourth-order valence-electron chi connectivity index (χ4n) is 2.49. The van der Waals surface area contributed by atoms with E-state index in [0.717, 1.165) is 12.2 Å². The van der Waals surface area contributed by atoms with Gasteiger partial charge in [0.1, 0.15) is 0 Å². The van der Waals surface area contributed by atoms with Crippen molar-refractivity contribution in [3.8, 4) is 0 Å². The van der Waals surface area contributed by atoms with E-state index in [9.17, 15) is 4.79 Å². The second-order valence-electron chi connectivity index (χ2n) is 5.31. The van der Waals surface area contributed by atoms with E-state index < -0.39 is 0 Å². The van der Waals surface area contributed by atoms with Gasteiger partial charge < -0.3 is 9.64 Å². The van der Waals surface area contributed by atoms with Crippen molar-refractivity contribution < 1.29 is 9.53 Å². The molecule has 0 heterocycles. The summed E-state index contributed by atoms with van der Waals surface area (Å²) in [5.41, 5.74) is 1.59. The Morgan fingerprint density at radius 3 is 2.60 bits per heavy atom. The summed E-state index contributed by atoms with van der Waals surface area (Å²) >= 11 is 0. The number of ether oxygens (including phenoxy) is 1. The van der Waals surface area contributed by atoms with E-state index in [1.165, 1.54) is 32.8 Å².